The summed E-state index contributed by atoms with van der Waals surface area (Å²) >= 11 is 0. The molecule has 3 aromatic rings. The van der Waals surface area contributed by atoms with E-state index in [0.717, 1.165) is 22.5 Å². The van der Waals surface area contributed by atoms with E-state index < -0.39 is 5.91 Å². The van der Waals surface area contributed by atoms with Gasteiger partial charge in [-0.2, -0.15) is 0 Å². The second kappa shape index (κ2) is 8.09. The number of hydrogen-bond acceptors (Lipinski definition) is 4. The van der Waals surface area contributed by atoms with Crippen molar-refractivity contribution < 1.29 is 9.59 Å². The zero-order valence-electron chi connectivity index (χ0n) is 14.8. The highest BCUT2D eigenvalue weighted by Crippen LogP contribution is 2.21. The molecule has 0 aliphatic carbocycles. The second-order valence-corrected chi connectivity index (χ2v) is 5.92. The van der Waals surface area contributed by atoms with Gasteiger partial charge in [-0.1, -0.05) is 18.2 Å². The van der Waals surface area contributed by atoms with Crippen LogP contribution in [-0.2, 0) is 6.54 Å². The maximum absolute atomic E-state index is 12.3. The first kappa shape index (κ1) is 18.1. The predicted octanol–water partition coefficient (Wildman–Crippen LogP) is 2.59. The molecule has 0 spiro atoms. The fraction of sp³-hybridized carbons (Fsp3) is 0.100. The average Bonchev–Trinajstić information content (AvgIpc) is 2.72. The van der Waals surface area contributed by atoms with Crippen molar-refractivity contribution in [2.75, 3.05) is 11.9 Å². The highest BCUT2D eigenvalue weighted by atomic mass is 16.2. The average molecular weight is 361 g/mol. The molecule has 3 N–H and O–H groups in total. The van der Waals surface area contributed by atoms with Crippen molar-refractivity contribution in [3.63, 3.8) is 0 Å². The Kier molecular flexibility index (Phi) is 5.41. The number of nitrogens with two attached hydrogens (primary N) is 1. The third-order valence-electron chi connectivity index (χ3n) is 4.07. The van der Waals surface area contributed by atoms with Crippen LogP contribution in [0.25, 0.3) is 11.3 Å². The summed E-state index contributed by atoms with van der Waals surface area (Å²) in [6.07, 6.45) is 4.85. The number of amides is 3. The number of aromatic nitrogens is 2. The van der Waals surface area contributed by atoms with E-state index in [2.05, 4.69) is 15.3 Å². The van der Waals surface area contributed by atoms with Crippen molar-refractivity contribution in [2.45, 2.75) is 6.54 Å². The maximum atomic E-state index is 12.3. The third kappa shape index (κ3) is 4.46. The lowest BCUT2D eigenvalue weighted by molar-refractivity contribution is 0.1000. The molecule has 0 bridgehead atoms. The summed E-state index contributed by atoms with van der Waals surface area (Å²) in [5.41, 5.74) is 8.85. The van der Waals surface area contributed by atoms with Gasteiger partial charge in [0.15, 0.2) is 0 Å². The monoisotopic (exact) mass is 361 g/mol. The SMILES string of the molecule is CN(C(=O)NCc1cccnc1)c1ccc(-c2ccc(C(N)=O)cn2)cc1. The number of rotatable bonds is 5. The van der Waals surface area contributed by atoms with Crippen molar-refractivity contribution in [1.82, 2.24) is 15.3 Å². The topological polar surface area (TPSA) is 101 Å². The molecule has 0 unspecified atom stereocenters. The molecule has 2 heterocycles. The number of benzene rings is 1. The predicted molar refractivity (Wildman–Crippen MR) is 103 cm³/mol. The summed E-state index contributed by atoms with van der Waals surface area (Å²) in [5, 5.41) is 2.85. The molecule has 3 rings (SSSR count). The van der Waals surface area contributed by atoms with Gasteiger partial charge in [0.2, 0.25) is 5.91 Å². The van der Waals surface area contributed by atoms with Crippen molar-refractivity contribution in [2.24, 2.45) is 5.73 Å². The fourth-order valence-electron chi connectivity index (χ4n) is 2.48. The van der Waals surface area contributed by atoms with E-state index in [1.807, 2.05) is 36.4 Å². The fourth-order valence-corrected chi connectivity index (χ4v) is 2.48. The van der Waals surface area contributed by atoms with E-state index >= 15 is 0 Å². The smallest absolute Gasteiger partial charge is 0.321 e. The van der Waals surface area contributed by atoms with Crippen LogP contribution in [0.2, 0.25) is 0 Å². The molecule has 3 amide bonds. The number of anilines is 1. The largest absolute Gasteiger partial charge is 0.366 e. The van der Waals surface area contributed by atoms with Crippen LogP contribution >= 0.6 is 0 Å². The molecule has 0 saturated heterocycles. The number of carbonyl (C=O) groups excluding carboxylic acids is 2. The Balaban J connectivity index is 1.65. The third-order valence-corrected chi connectivity index (χ3v) is 4.07. The second-order valence-electron chi connectivity index (χ2n) is 5.92. The van der Waals surface area contributed by atoms with Crippen molar-refractivity contribution in [1.29, 1.82) is 0 Å². The van der Waals surface area contributed by atoms with E-state index in [1.54, 1.807) is 31.6 Å². The van der Waals surface area contributed by atoms with Crippen molar-refractivity contribution >= 4 is 17.6 Å². The van der Waals surface area contributed by atoms with Gasteiger partial charge in [-0.05, 0) is 35.9 Å². The molecule has 0 aliphatic heterocycles. The zero-order chi connectivity index (χ0) is 19.2. The first-order valence-electron chi connectivity index (χ1n) is 8.31. The molecule has 0 radical (unpaired) electrons. The number of carbonyl (C=O) groups is 2. The van der Waals surface area contributed by atoms with Gasteiger partial charge < -0.3 is 11.1 Å². The first-order chi connectivity index (χ1) is 13.0. The highest BCUT2D eigenvalue weighted by molar-refractivity contribution is 5.93. The summed E-state index contributed by atoms with van der Waals surface area (Å²) in [7, 11) is 1.70. The van der Waals surface area contributed by atoms with Gasteiger partial charge in [0, 0.05) is 43.4 Å². The summed E-state index contributed by atoms with van der Waals surface area (Å²) in [6.45, 7) is 0.408. The van der Waals surface area contributed by atoms with Crippen LogP contribution in [0.1, 0.15) is 15.9 Å². The molecule has 7 heteroatoms. The van der Waals surface area contributed by atoms with Gasteiger partial charge in [-0.25, -0.2) is 4.79 Å². The van der Waals surface area contributed by atoms with Gasteiger partial charge in [-0.3, -0.25) is 19.7 Å². The van der Waals surface area contributed by atoms with E-state index in [4.69, 9.17) is 5.73 Å². The highest BCUT2D eigenvalue weighted by Gasteiger charge is 2.11. The molecular formula is C20H19N5O2. The molecule has 27 heavy (non-hydrogen) atoms. The van der Waals surface area contributed by atoms with Crippen LogP contribution in [0, 0.1) is 0 Å². The van der Waals surface area contributed by atoms with Crippen LogP contribution in [0.15, 0.2) is 67.1 Å². The number of hydrogen-bond donors (Lipinski definition) is 2. The molecule has 2 aromatic heterocycles. The van der Waals surface area contributed by atoms with Crippen LogP contribution < -0.4 is 16.0 Å². The maximum Gasteiger partial charge on any atom is 0.321 e. The Labute approximate surface area is 156 Å². The van der Waals surface area contributed by atoms with E-state index in [-0.39, 0.29) is 6.03 Å². The Morgan fingerprint density at radius 2 is 1.85 bits per heavy atom. The molecule has 0 saturated carbocycles. The van der Waals surface area contributed by atoms with Crippen LogP contribution in [0.3, 0.4) is 0 Å². The molecule has 1 aromatic carbocycles. The van der Waals surface area contributed by atoms with Crippen LogP contribution in [-0.4, -0.2) is 29.0 Å². The first-order valence-corrected chi connectivity index (χ1v) is 8.31. The van der Waals surface area contributed by atoms with Gasteiger partial charge >= 0.3 is 6.03 Å². The normalized spacial score (nSPS) is 10.3. The number of nitrogens with one attached hydrogen (secondary N) is 1. The van der Waals surface area contributed by atoms with Gasteiger partial charge in [0.1, 0.15) is 0 Å². The van der Waals surface area contributed by atoms with Crippen molar-refractivity contribution in [3.8, 4) is 11.3 Å². The molecular weight excluding hydrogens is 342 g/mol. The summed E-state index contributed by atoms with van der Waals surface area (Å²) in [4.78, 5) is 33.2. The summed E-state index contributed by atoms with van der Waals surface area (Å²) in [6, 6.07) is 14.3. The van der Waals surface area contributed by atoms with E-state index in [1.165, 1.54) is 11.1 Å². The Morgan fingerprint density at radius 1 is 1.07 bits per heavy atom. The molecule has 0 fully saturated rings. The minimum atomic E-state index is -0.511. The number of urea groups is 1. The Hall–Kier alpha value is -3.74. The number of nitrogens with zero attached hydrogens (tertiary/aromatic N) is 3. The Bertz CT molecular complexity index is 925. The lowest BCUT2D eigenvalue weighted by Gasteiger charge is -2.18. The van der Waals surface area contributed by atoms with E-state index in [0.29, 0.717) is 12.1 Å². The summed E-state index contributed by atoms with van der Waals surface area (Å²) in [5.74, 6) is -0.511. The van der Waals surface area contributed by atoms with Crippen LogP contribution in [0.5, 0.6) is 0 Å². The lowest BCUT2D eigenvalue weighted by atomic mass is 10.1. The lowest BCUT2D eigenvalue weighted by Crippen LogP contribution is -2.36. The molecule has 0 atom stereocenters. The zero-order valence-corrected chi connectivity index (χ0v) is 14.8. The minimum Gasteiger partial charge on any atom is -0.366 e. The van der Waals surface area contributed by atoms with Crippen LogP contribution in [0.4, 0.5) is 10.5 Å². The number of primary amides is 1. The molecule has 136 valence electrons. The van der Waals surface area contributed by atoms with Gasteiger partial charge in [0.05, 0.1) is 11.3 Å². The summed E-state index contributed by atoms with van der Waals surface area (Å²) < 4.78 is 0. The van der Waals surface area contributed by atoms with E-state index in [9.17, 15) is 9.59 Å². The Morgan fingerprint density at radius 3 is 2.44 bits per heavy atom. The molecule has 0 aliphatic rings. The van der Waals surface area contributed by atoms with Gasteiger partial charge in [-0.15, -0.1) is 0 Å². The molecule has 7 nitrogen and oxygen atoms in total. The standard InChI is InChI=1S/C20H19N5O2/c1-25(20(27)24-12-14-3-2-10-22-11-14)17-7-4-15(5-8-17)18-9-6-16(13-23-18)19(21)26/h2-11,13H,12H2,1H3,(H2,21,26)(H,24,27). The minimum absolute atomic E-state index is 0.212. The van der Waals surface area contributed by atoms with Gasteiger partial charge in [0.25, 0.3) is 0 Å². The van der Waals surface area contributed by atoms with Crippen molar-refractivity contribution in [3.05, 3.63) is 78.2 Å². The number of pyridine rings is 2. The quantitative estimate of drug-likeness (QED) is 0.729.